The molecule has 7 nitrogen and oxygen atoms in total. The van der Waals surface area contributed by atoms with Crippen molar-refractivity contribution in [1.82, 2.24) is 4.31 Å². The summed E-state index contributed by atoms with van der Waals surface area (Å²) in [4.78, 5) is 25.0. The number of anilines is 1. The normalized spacial score (nSPS) is 26.7. The molecule has 25 heavy (non-hydrogen) atoms. The molecule has 2 heterocycles. The van der Waals surface area contributed by atoms with Crippen molar-refractivity contribution in [3.05, 3.63) is 23.8 Å². The highest BCUT2D eigenvalue weighted by molar-refractivity contribution is 7.89. The highest BCUT2D eigenvalue weighted by atomic mass is 32.2. The zero-order chi connectivity index (χ0) is 18.6. The fraction of sp³-hybridized carbons (Fsp3) is 0.529. The number of benzene rings is 1. The van der Waals surface area contributed by atoms with Crippen LogP contribution in [0, 0.1) is 5.41 Å². The molecule has 2 aliphatic rings. The molecule has 2 unspecified atom stereocenters. The minimum Gasteiger partial charge on any atom is -0.481 e. The van der Waals surface area contributed by atoms with Gasteiger partial charge in [-0.25, -0.2) is 8.42 Å². The van der Waals surface area contributed by atoms with Crippen molar-refractivity contribution in [3.63, 3.8) is 0 Å². The van der Waals surface area contributed by atoms with E-state index in [4.69, 9.17) is 0 Å². The highest BCUT2D eigenvalue weighted by Gasteiger charge is 2.45. The maximum Gasteiger partial charge on any atom is 0.310 e. The molecule has 0 spiro atoms. The summed E-state index contributed by atoms with van der Waals surface area (Å²) in [5.74, 6) is -1.05. The number of sulfonamides is 1. The van der Waals surface area contributed by atoms with Gasteiger partial charge in [0.15, 0.2) is 0 Å². The van der Waals surface area contributed by atoms with Gasteiger partial charge in [0, 0.05) is 31.7 Å². The lowest BCUT2D eigenvalue weighted by atomic mass is 9.90. The number of carbonyl (C=O) groups excluding carboxylic acids is 1. The minimum atomic E-state index is -3.75. The third-order valence-electron chi connectivity index (χ3n) is 5.20. The molecule has 1 amide bonds. The molecule has 1 fully saturated rings. The van der Waals surface area contributed by atoms with Crippen LogP contribution in [0.3, 0.4) is 0 Å². The number of nitrogens with zero attached hydrogens (tertiary/aromatic N) is 2. The largest absolute Gasteiger partial charge is 0.481 e. The number of amides is 1. The SMILES string of the molecule is CC(=O)N1c2ccc(S(=O)(=O)N3CCC(C)(C(=O)O)C3)cc2CC1C. The number of rotatable bonds is 3. The summed E-state index contributed by atoms with van der Waals surface area (Å²) in [6.45, 7) is 5.15. The number of hydrogen-bond acceptors (Lipinski definition) is 4. The summed E-state index contributed by atoms with van der Waals surface area (Å²) in [5, 5.41) is 9.30. The zero-order valence-electron chi connectivity index (χ0n) is 14.5. The van der Waals surface area contributed by atoms with Crippen molar-refractivity contribution >= 4 is 27.6 Å². The van der Waals surface area contributed by atoms with Gasteiger partial charge in [-0.2, -0.15) is 4.31 Å². The quantitative estimate of drug-likeness (QED) is 0.874. The molecule has 1 aromatic rings. The number of fused-ring (bicyclic) bond motifs is 1. The molecule has 3 rings (SSSR count). The van der Waals surface area contributed by atoms with Gasteiger partial charge in [0.2, 0.25) is 15.9 Å². The second-order valence-corrected chi connectivity index (χ2v) is 9.13. The van der Waals surface area contributed by atoms with Gasteiger partial charge in [0.1, 0.15) is 0 Å². The summed E-state index contributed by atoms with van der Waals surface area (Å²) >= 11 is 0. The molecule has 0 radical (unpaired) electrons. The van der Waals surface area contributed by atoms with Crippen LogP contribution >= 0.6 is 0 Å². The lowest BCUT2D eigenvalue weighted by molar-refractivity contribution is -0.146. The molecular formula is C17H22N2O5S. The molecule has 8 heteroatoms. The molecule has 0 aliphatic carbocycles. The van der Waals surface area contributed by atoms with Crippen molar-refractivity contribution < 1.29 is 23.1 Å². The van der Waals surface area contributed by atoms with E-state index < -0.39 is 21.4 Å². The van der Waals surface area contributed by atoms with E-state index in [1.165, 1.54) is 17.3 Å². The third kappa shape index (κ3) is 2.83. The predicted octanol–water partition coefficient (Wildman–Crippen LogP) is 1.47. The van der Waals surface area contributed by atoms with Gasteiger partial charge < -0.3 is 10.0 Å². The lowest BCUT2D eigenvalue weighted by Crippen LogP contribution is -2.35. The third-order valence-corrected chi connectivity index (χ3v) is 7.04. The number of carbonyl (C=O) groups is 2. The monoisotopic (exact) mass is 366 g/mol. The van der Waals surface area contributed by atoms with E-state index in [0.29, 0.717) is 12.8 Å². The Bertz CT molecular complexity index is 851. The zero-order valence-corrected chi connectivity index (χ0v) is 15.3. The van der Waals surface area contributed by atoms with E-state index in [1.54, 1.807) is 24.0 Å². The molecule has 0 aromatic heterocycles. The summed E-state index contributed by atoms with van der Waals surface area (Å²) in [6, 6.07) is 4.77. The highest BCUT2D eigenvalue weighted by Crippen LogP contribution is 2.37. The topological polar surface area (TPSA) is 95.0 Å². The first kappa shape index (κ1) is 17.9. The Balaban J connectivity index is 1.92. The molecule has 1 saturated heterocycles. The van der Waals surface area contributed by atoms with Gasteiger partial charge in [0.25, 0.3) is 0 Å². The smallest absolute Gasteiger partial charge is 0.310 e. The van der Waals surface area contributed by atoms with Crippen LogP contribution in [0.15, 0.2) is 23.1 Å². The lowest BCUT2D eigenvalue weighted by Gasteiger charge is -2.21. The summed E-state index contributed by atoms with van der Waals surface area (Å²) in [7, 11) is -3.75. The van der Waals surface area contributed by atoms with Crippen LogP contribution in [-0.4, -0.2) is 48.8 Å². The van der Waals surface area contributed by atoms with Crippen LogP contribution in [-0.2, 0) is 26.0 Å². The minimum absolute atomic E-state index is 0.00690. The van der Waals surface area contributed by atoms with Crippen molar-refractivity contribution in [1.29, 1.82) is 0 Å². The molecule has 2 aliphatic heterocycles. The first-order valence-corrected chi connectivity index (χ1v) is 9.66. The van der Waals surface area contributed by atoms with Crippen LogP contribution in [0.5, 0.6) is 0 Å². The van der Waals surface area contributed by atoms with Crippen LogP contribution in [0.2, 0.25) is 0 Å². The van der Waals surface area contributed by atoms with Gasteiger partial charge in [-0.05, 0) is 50.5 Å². The molecule has 1 N–H and O–H groups in total. The number of carboxylic acid groups (broad SMARTS) is 1. The van der Waals surface area contributed by atoms with Crippen molar-refractivity contribution in [3.8, 4) is 0 Å². The van der Waals surface area contributed by atoms with Crippen LogP contribution < -0.4 is 4.90 Å². The summed E-state index contributed by atoms with van der Waals surface area (Å²) in [5.41, 5.74) is 0.517. The van der Waals surface area contributed by atoms with Gasteiger partial charge in [0.05, 0.1) is 10.3 Å². The fourth-order valence-corrected chi connectivity index (χ4v) is 5.31. The predicted molar refractivity (Wildman–Crippen MR) is 91.9 cm³/mol. The summed E-state index contributed by atoms with van der Waals surface area (Å²) < 4.78 is 27.0. The number of carboxylic acids is 1. The van der Waals surface area contributed by atoms with Gasteiger partial charge in [-0.1, -0.05) is 0 Å². The Labute approximate surface area is 147 Å². The molecule has 136 valence electrons. The maximum atomic E-state index is 12.9. The van der Waals surface area contributed by atoms with E-state index in [2.05, 4.69) is 0 Å². The maximum absolute atomic E-state index is 12.9. The number of hydrogen-bond donors (Lipinski definition) is 1. The number of aliphatic carboxylic acids is 1. The Hall–Kier alpha value is -1.93. The fourth-order valence-electron chi connectivity index (χ4n) is 3.70. The average Bonchev–Trinajstić information content (AvgIpc) is 3.07. The van der Waals surface area contributed by atoms with Crippen LogP contribution in [0.25, 0.3) is 0 Å². The average molecular weight is 366 g/mol. The molecule has 2 atom stereocenters. The second-order valence-electron chi connectivity index (χ2n) is 7.19. The van der Waals surface area contributed by atoms with Crippen molar-refractivity contribution in [2.75, 3.05) is 18.0 Å². The Morgan fingerprint density at radius 2 is 2.00 bits per heavy atom. The van der Waals surface area contributed by atoms with E-state index in [0.717, 1.165) is 11.3 Å². The van der Waals surface area contributed by atoms with E-state index in [1.807, 2.05) is 6.92 Å². The van der Waals surface area contributed by atoms with E-state index >= 15 is 0 Å². The van der Waals surface area contributed by atoms with Crippen LogP contribution in [0.1, 0.15) is 32.8 Å². The standard InChI is InChI=1S/C17H22N2O5S/c1-11-8-13-9-14(4-5-15(13)19(11)12(2)20)25(23,24)18-7-6-17(3,10-18)16(21)22/h4-5,9,11H,6-8,10H2,1-3H3,(H,21,22). The van der Waals surface area contributed by atoms with Crippen molar-refractivity contribution in [2.45, 2.75) is 44.6 Å². The Morgan fingerprint density at radius 3 is 2.56 bits per heavy atom. The van der Waals surface area contributed by atoms with E-state index in [-0.39, 0.29) is 29.9 Å². The van der Waals surface area contributed by atoms with Gasteiger partial charge >= 0.3 is 5.97 Å². The molecule has 0 bridgehead atoms. The Kier molecular flexibility index (Phi) is 4.15. The Morgan fingerprint density at radius 1 is 1.32 bits per heavy atom. The molecular weight excluding hydrogens is 344 g/mol. The van der Waals surface area contributed by atoms with Crippen LogP contribution in [0.4, 0.5) is 5.69 Å². The second kappa shape index (κ2) is 5.81. The molecule has 0 saturated carbocycles. The first-order chi connectivity index (χ1) is 11.6. The van der Waals surface area contributed by atoms with Crippen molar-refractivity contribution in [2.24, 2.45) is 5.41 Å². The van der Waals surface area contributed by atoms with Gasteiger partial charge in [-0.3, -0.25) is 9.59 Å². The van der Waals surface area contributed by atoms with E-state index in [9.17, 15) is 23.1 Å². The molecule has 1 aromatic carbocycles. The van der Waals surface area contributed by atoms with Gasteiger partial charge in [-0.15, -0.1) is 0 Å². The summed E-state index contributed by atoms with van der Waals surface area (Å²) in [6.07, 6.45) is 0.896. The first-order valence-electron chi connectivity index (χ1n) is 8.22.